The Kier molecular flexibility index (Phi) is 7.22. The van der Waals surface area contributed by atoms with Crippen molar-refractivity contribution in [1.82, 2.24) is 19.6 Å². The van der Waals surface area contributed by atoms with E-state index in [0.29, 0.717) is 30.1 Å². The molecule has 0 radical (unpaired) electrons. The van der Waals surface area contributed by atoms with Gasteiger partial charge in [0, 0.05) is 48.6 Å². The fourth-order valence-corrected chi connectivity index (χ4v) is 8.46. The first-order valence-corrected chi connectivity index (χ1v) is 17.3. The highest BCUT2D eigenvalue weighted by atomic mass is 127. The van der Waals surface area contributed by atoms with Crippen molar-refractivity contribution in [2.45, 2.75) is 56.0 Å². The summed E-state index contributed by atoms with van der Waals surface area (Å²) < 4.78 is 13.9. The number of amides is 2. The molecule has 0 spiro atoms. The van der Waals surface area contributed by atoms with Crippen LogP contribution in [-0.2, 0) is 14.6 Å². The predicted octanol–water partition coefficient (Wildman–Crippen LogP) is 5.82. The molecule has 2 amide bonds. The molecule has 8 nitrogen and oxygen atoms in total. The Morgan fingerprint density at radius 1 is 1.21 bits per heavy atom. The molecular weight excluding hydrogens is 621 g/mol. The van der Waals surface area contributed by atoms with Crippen molar-refractivity contribution in [2.75, 3.05) is 13.1 Å². The molecule has 39 heavy (non-hydrogen) atoms. The summed E-state index contributed by atoms with van der Waals surface area (Å²) in [6.45, 7) is 15.3. The zero-order chi connectivity index (χ0) is 28.2. The lowest BCUT2D eigenvalue weighted by atomic mass is 10.1. The number of urea groups is 1. The summed E-state index contributed by atoms with van der Waals surface area (Å²) in [6, 6.07) is 9.67. The van der Waals surface area contributed by atoms with Crippen molar-refractivity contribution in [3.63, 3.8) is 0 Å². The number of primary amides is 1. The van der Waals surface area contributed by atoms with E-state index in [2.05, 4.69) is 89.9 Å². The van der Waals surface area contributed by atoms with Crippen LogP contribution in [0.5, 0.6) is 0 Å². The van der Waals surface area contributed by atoms with E-state index in [9.17, 15) is 4.79 Å². The summed E-state index contributed by atoms with van der Waals surface area (Å²) in [7, 11) is -2.00. The second kappa shape index (κ2) is 10.1. The van der Waals surface area contributed by atoms with Gasteiger partial charge in [0.15, 0.2) is 17.7 Å². The number of nitrogens with zero attached hydrogens (tertiary/aromatic N) is 4. The van der Waals surface area contributed by atoms with Crippen LogP contribution in [0, 0.1) is 29.6 Å². The molecule has 206 valence electrons. The second-order valence-electron chi connectivity index (χ2n) is 12.3. The Morgan fingerprint density at radius 3 is 2.49 bits per heavy atom. The summed E-state index contributed by atoms with van der Waals surface area (Å²) in [4.78, 5) is 17.7. The van der Waals surface area contributed by atoms with Crippen molar-refractivity contribution >= 4 is 36.9 Å². The summed E-state index contributed by atoms with van der Waals surface area (Å²) >= 11 is 2.37. The molecule has 1 aliphatic carbocycles. The van der Waals surface area contributed by atoms with Crippen LogP contribution in [0.25, 0.3) is 11.3 Å². The number of hydrogen-bond donors (Lipinski definition) is 1. The first-order chi connectivity index (χ1) is 18.2. The zero-order valence-electron chi connectivity index (χ0n) is 23.4. The van der Waals surface area contributed by atoms with Gasteiger partial charge in [0.2, 0.25) is 0 Å². The monoisotopic (exact) mass is 657 g/mol. The quantitative estimate of drug-likeness (QED) is 0.156. The molecule has 3 aromatic rings. The number of halogens is 1. The lowest BCUT2D eigenvalue weighted by Gasteiger charge is -2.41. The van der Waals surface area contributed by atoms with Gasteiger partial charge >= 0.3 is 6.03 Å². The van der Waals surface area contributed by atoms with E-state index in [0.717, 1.165) is 35.7 Å². The van der Waals surface area contributed by atoms with Crippen LogP contribution in [0.1, 0.15) is 44.8 Å². The lowest BCUT2D eigenvalue weighted by molar-refractivity contribution is 0.170. The van der Waals surface area contributed by atoms with Crippen molar-refractivity contribution in [3.8, 4) is 23.2 Å². The van der Waals surface area contributed by atoms with E-state index in [1.807, 2.05) is 42.7 Å². The van der Waals surface area contributed by atoms with E-state index in [1.165, 1.54) is 0 Å². The van der Waals surface area contributed by atoms with Gasteiger partial charge in [0.25, 0.3) is 0 Å². The number of likely N-dealkylation sites (tertiary alicyclic amines) is 1. The van der Waals surface area contributed by atoms with E-state index >= 15 is 0 Å². The normalized spacial score (nSPS) is 22.1. The average Bonchev–Trinajstić information content (AvgIpc) is 3.33. The van der Waals surface area contributed by atoms with Crippen LogP contribution in [0.3, 0.4) is 0 Å². The van der Waals surface area contributed by atoms with Crippen molar-refractivity contribution in [2.24, 2.45) is 23.5 Å². The maximum Gasteiger partial charge on any atom is 0.314 e. The fourth-order valence-electron chi connectivity index (χ4n) is 5.01. The number of hydrogen-bond acceptors (Lipinski definition) is 5. The number of fused-ring (bicyclic) bond motifs is 1. The number of benzene rings is 1. The molecule has 2 aliphatic rings. The van der Waals surface area contributed by atoms with Gasteiger partial charge in [-0.05, 0) is 83.7 Å². The van der Waals surface area contributed by atoms with Crippen molar-refractivity contribution in [1.29, 1.82) is 0 Å². The number of carbonyl (C=O) groups is 1. The topological polar surface area (TPSA) is 99.4 Å². The van der Waals surface area contributed by atoms with Crippen LogP contribution in [0.4, 0.5) is 4.79 Å². The predicted molar refractivity (Wildman–Crippen MR) is 161 cm³/mol. The molecule has 4 atom stereocenters. The third-order valence-electron chi connectivity index (χ3n) is 8.32. The molecule has 5 rings (SSSR count). The molecular formula is C29H36IN5O3Si. The van der Waals surface area contributed by atoms with Gasteiger partial charge in [-0.2, -0.15) is 0 Å². The summed E-state index contributed by atoms with van der Waals surface area (Å²) in [6.07, 6.45) is 3.77. The van der Waals surface area contributed by atoms with Gasteiger partial charge in [-0.25, -0.2) is 9.78 Å². The van der Waals surface area contributed by atoms with Gasteiger partial charge in [0.1, 0.15) is 11.5 Å². The SMILES string of the molecule is CC(I)(O[Si](C)(C)C(C)(C)C)c1nccn1Cc1cc(-c2ccc(C#CC3[C@H]4CN(C(N)=O)C[C@@H]34)cc2)on1. The molecule has 1 aromatic carbocycles. The average molecular weight is 658 g/mol. The summed E-state index contributed by atoms with van der Waals surface area (Å²) in [5.41, 5.74) is 8.10. The first kappa shape index (κ1) is 27.9. The minimum Gasteiger partial charge on any atom is -0.397 e. The second-order valence-corrected chi connectivity index (χ2v) is 19.1. The number of aromatic nitrogens is 3. The molecule has 2 unspecified atom stereocenters. The fraction of sp³-hybridized carbons (Fsp3) is 0.483. The Hall–Kier alpha value is -2.62. The van der Waals surface area contributed by atoms with Crippen LogP contribution in [-0.4, -0.2) is 47.0 Å². The third kappa shape index (κ3) is 5.81. The standard InChI is InChI=1S/C29H36IN5O3Si/c1-28(2,3)39(5,6)38-29(4,30)26-32-13-14-34(26)16-21-15-25(37-33-21)20-10-7-19(8-11-20)9-12-22-23-17-35(27(31)36)18-24(22)23/h7-8,10-11,13-15,22-24H,16-18H2,1-6H3,(H2,31,36)/t22?,23-,24+,29?. The molecule has 1 saturated heterocycles. The van der Waals surface area contributed by atoms with Crippen LogP contribution >= 0.6 is 22.6 Å². The van der Waals surface area contributed by atoms with Crippen LogP contribution in [0.15, 0.2) is 47.2 Å². The van der Waals surface area contributed by atoms with Gasteiger partial charge in [-0.15, -0.1) is 0 Å². The third-order valence-corrected chi connectivity index (χ3v) is 14.0. The van der Waals surface area contributed by atoms with Crippen molar-refractivity contribution < 1.29 is 13.7 Å². The number of imidazole rings is 1. The van der Waals surface area contributed by atoms with Gasteiger partial charge in [-0.3, -0.25) is 0 Å². The van der Waals surface area contributed by atoms with Crippen LogP contribution < -0.4 is 5.73 Å². The molecule has 0 bridgehead atoms. The Labute approximate surface area is 244 Å². The number of nitrogens with two attached hydrogens (primary N) is 1. The van der Waals surface area contributed by atoms with Gasteiger partial charge in [0.05, 0.1) is 6.54 Å². The zero-order valence-corrected chi connectivity index (χ0v) is 26.5. The highest BCUT2D eigenvalue weighted by molar-refractivity contribution is 14.1. The molecule has 2 aromatic heterocycles. The molecule has 10 heteroatoms. The van der Waals surface area contributed by atoms with Crippen LogP contribution in [0.2, 0.25) is 18.1 Å². The molecule has 2 fully saturated rings. The number of piperidine rings is 1. The number of rotatable bonds is 6. The lowest BCUT2D eigenvalue weighted by Crippen LogP contribution is -2.46. The number of alkyl halides is 1. The Morgan fingerprint density at radius 2 is 1.87 bits per heavy atom. The summed E-state index contributed by atoms with van der Waals surface area (Å²) in [5, 5.41) is 4.42. The van der Waals surface area contributed by atoms with E-state index in [1.54, 1.807) is 4.90 Å². The highest BCUT2D eigenvalue weighted by Crippen LogP contribution is 2.51. The number of carbonyl (C=O) groups excluding carboxylic acids is 1. The summed E-state index contributed by atoms with van der Waals surface area (Å²) in [5.74, 6) is 9.54. The highest BCUT2D eigenvalue weighted by Gasteiger charge is 2.55. The smallest absolute Gasteiger partial charge is 0.314 e. The first-order valence-electron chi connectivity index (χ1n) is 13.3. The molecule has 3 heterocycles. The van der Waals surface area contributed by atoms with Crippen molar-refractivity contribution in [3.05, 3.63) is 59.8 Å². The largest absolute Gasteiger partial charge is 0.397 e. The van der Waals surface area contributed by atoms with E-state index in [4.69, 9.17) is 14.7 Å². The molecule has 2 N–H and O–H groups in total. The Bertz CT molecular complexity index is 1420. The van der Waals surface area contributed by atoms with Gasteiger partial charge in [-0.1, -0.05) is 37.8 Å². The van der Waals surface area contributed by atoms with E-state index in [-0.39, 0.29) is 11.1 Å². The minimum absolute atomic E-state index is 0.101. The van der Waals surface area contributed by atoms with Gasteiger partial charge < -0.3 is 24.1 Å². The minimum atomic E-state index is -2.00. The molecule has 1 aliphatic heterocycles. The molecule has 1 saturated carbocycles. The maximum atomic E-state index is 11.3. The Balaban J connectivity index is 1.22. The van der Waals surface area contributed by atoms with E-state index < -0.39 is 11.9 Å². The maximum absolute atomic E-state index is 11.3.